The van der Waals surface area contributed by atoms with Crippen LogP contribution in [-0.4, -0.2) is 61.6 Å². The van der Waals surface area contributed by atoms with Crippen molar-refractivity contribution >= 4 is 11.9 Å². The molecule has 0 aliphatic carbocycles. The Hall–Kier alpha value is -3.17. The van der Waals surface area contributed by atoms with E-state index in [1.54, 1.807) is 6.20 Å². The summed E-state index contributed by atoms with van der Waals surface area (Å²) in [5.41, 5.74) is 0.834. The number of nitrogens with zero attached hydrogens (tertiary/aromatic N) is 2. The summed E-state index contributed by atoms with van der Waals surface area (Å²) in [5.74, 6) is -2.00. The number of pyridine rings is 1. The zero-order valence-electron chi connectivity index (χ0n) is 16.6. The van der Waals surface area contributed by atoms with Crippen LogP contribution in [0.2, 0.25) is 0 Å². The molecule has 2 heterocycles. The average Bonchev–Trinajstić information content (AvgIpc) is 3.18. The maximum absolute atomic E-state index is 9.97. The number of aliphatic hydroxyl groups is 1. The van der Waals surface area contributed by atoms with Crippen LogP contribution in [0.25, 0.3) is 5.69 Å². The van der Waals surface area contributed by atoms with E-state index in [0.717, 1.165) is 5.69 Å². The van der Waals surface area contributed by atoms with Crippen LogP contribution in [0.5, 0.6) is 5.88 Å². The second kappa shape index (κ2) is 11.6. The summed E-state index contributed by atoms with van der Waals surface area (Å²) in [4.78, 5) is 23.3. The van der Waals surface area contributed by atoms with Gasteiger partial charge in [0.05, 0.1) is 0 Å². The van der Waals surface area contributed by atoms with Crippen molar-refractivity contribution in [1.82, 2.24) is 14.9 Å². The van der Waals surface area contributed by atoms with Crippen molar-refractivity contribution in [3.63, 3.8) is 0 Å². The monoisotopic (exact) mass is 405 g/mol. The van der Waals surface area contributed by atoms with Gasteiger partial charge in [0.25, 0.3) is 0 Å². The summed E-state index contributed by atoms with van der Waals surface area (Å²) in [5, 5.41) is 28.8. The van der Waals surface area contributed by atoms with Crippen molar-refractivity contribution in [1.29, 1.82) is 0 Å². The Balaban J connectivity index is 0.000000447. The van der Waals surface area contributed by atoms with Crippen LogP contribution in [0.3, 0.4) is 0 Å². The number of hydrogen-bond donors (Lipinski definition) is 4. The zero-order valence-corrected chi connectivity index (χ0v) is 16.6. The van der Waals surface area contributed by atoms with Gasteiger partial charge in [-0.25, -0.2) is 14.6 Å². The van der Waals surface area contributed by atoms with Gasteiger partial charge >= 0.3 is 11.9 Å². The Morgan fingerprint density at radius 1 is 1.17 bits per heavy atom. The number of carboxylic acid groups (broad SMARTS) is 2. The van der Waals surface area contributed by atoms with E-state index in [1.807, 2.05) is 41.2 Å². The van der Waals surface area contributed by atoms with E-state index in [0.29, 0.717) is 24.6 Å². The highest BCUT2D eigenvalue weighted by atomic mass is 16.5. The Labute approximate surface area is 169 Å². The van der Waals surface area contributed by atoms with Gasteiger partial charge in [0.15, 0.2) is 0 Å². The molecular weight excluding hydrogens is 378 g/mol. The zero-order chi connectivity index (χ0) is 21.9. The highest BCUT2D eigenvalue weighted by Crippen LogP contribution is 2.19. The molecule has 158 valence electrons. The molecule has 0 bridgehead atoms. The molecule has 1 atom stereocenters. The van der Waals surface area contributed by atoms with Crippen molar-refractivity contribution in [3.05, 3.63) is 55.0 Å². The first-order chi connectivity index (χ1) is 13.6. The van der Waals surface area contributed by atoms with Gasteiger partial charge in [-0.05, 0) is 45.0 Å². The number of carbonyl (C=O) groups is 2. The van der Waals surface area contributed by atoms with E-state index in [9.17, 15) is 14.7 Å². The van der Waals surface area contributed by atoms with Gasteiger partial charge < -0.3 is 29.9 Å². The van der Waals surface area contributed by atoms with E-state index in [2.05, 4.69) is 31.1 Å². The first-order valence-corrected chi connectivity index (χ1v) is 8.86. The predicted molar refractivity (Wildman–Crippen MR) is 107 cm³/mol. The smallest absolute Gasteiger partial charge is 0.328 e. The number of hydrogen-bond acceptors (Lipinski definition) is 6. The summed E-state index contributed by atoms with van der Waals surface area (Å²) in [7, 11) is 0. The molecule has 0 saturated heterocycles. The number of ether oxygens (including phenoxy) is 1. The highest BCUT2D eigenvalue weighted by Gasteiger charge is 2.14. The van der Waals surface area contributed by atoms with E-state index >= 15 is 0 Å². The van der Waals surface area contributed by atoms with E-state index in [4.69, 9.17) is 14.9 Å². The number of rotatable bonds is 8. The van der Waals surface area contributed by atoms with Gasteiger partial charge in [0.2, 0.25) is 5.88 Å². The molecule has 0 fully saturated rings. The third kappa shape index (κ3) is 10.7. The Kier molecular flexibility index (Phi) is 9.57. The van der Waals surface area contributed by atoms with Crippen LogP contribution in [-0.2, 0) is 9.59 Å². The van der Waals surface area contributed by atoms with Crippen molar-refractivity contribution < 1.29 is 29.6 Å². The molecule has 0 aliphatic rings. The lowest BCUT2D eigenvalue weighted by Gasteiger charge is -2.23. The van der Waals surface area contributed by atoms with Gasteiger partial charge in [-0.3, -0.25) is 0 Å². The first kappa shape index (κ1) is 23.9. The van der Waals surface area contributed by atoms with E-state index in [-0.39, 0.29) is 12.1 Å². The molecule has 0 amide bonds. The summed E-state index contributed by atoms with van der Waals surface area (Å²) in [6, 6.07) is 7.68. The number of aliphatic hydroxyl groups excluding tert-OH is 1. The Bertz CT molecular complexity index is 781. The van der Waals surface area contributed by atoms with Crippen LogP contribution >= 0.6 is 0 Å². The fourth-order valence-corrected chi connectivity index (χ4v) is 1.99. The third-order valence-corrected chi connectivity index (χ3v) is 3.28. The molecule has 0 aromatic carbocycles. The maximum atomic E-state index is 9.97. The predicted octanol–water partition coefficient (Wildman–Crippen LogP) is 1.71. The maximum Gasteiger partial charge on any atom is 0.328 e. The molecule has 29 heavy (non-hydrogen) atoms. The summed E-state index contributed by atoms with van der Waals surface area (Å²) < 4.78 is 7.60. The van der Waals surface area contributed by atoms with E-state index < -0.39 is 18.0 Å². The highest BCUT2D eigenvalue weighted by molar-refractivity contribution is 5.89. The minimum absolute atomic E-state index is 0.0255. The van der Waals surface area contributed by atoms with Gasteiger partial charge in [-0.2, -0.15) is 0 Å². The first-order valence-electron chi connectivity index (χ1n) is 8.86. The molecule has 2 aromatic rings. The van der Waals surface area contributed by atoms with Crippen LogP contribution in [0.4, 0.5) is 0 Å². The van der Waals surface area contributed by atoms with Gasteiger partial charge in [0, 0.05) is 42.8 Å². The topological polar surface area (TPSA) is 134 Å². The summed E-state index contributed by atoms with van der Waals surface area (Å²) >= 11 is 0. The lowest BCUT2D eigenvalue weighted by molar-refractivity contribution is -0.134. The van der Waals surface area contributed by atoms with Crippen LogP contribution in [0.1, 0.15) is 20.8 Å². The third-order valence-electron chi connectivity index (χ3n) is 3.28. The summed E-state index contributed by atoms with van der Waals surface area (Å²) in [6.07, 6.45) is 6.08. The quantitative estimate of drug-likeness (QED) is 0.488. The molecule has 9 nitrogen and oxygen atoms in total. The van der Waals surface area contributed by atoms with Crippen molar-refractivity contribution in [2.75, 3.05) is 13.2 Å². The van der Waals surface area contributed by atoms with Crippen molar-refractivity contribution in [2.45, 2.75) is 32.4 Å². The average molecular weight is 405 g/mol. The van der Waals surface area contributed by atoms with Gasteiger partial charge in [-0.15, -0.1) is 0 Å². The molecule has 2 aromatic heterocycles. The lowest BCUT2D eigenvalue weighted by atomic mass is 10.1. The molecule has 0 aliphatic heterocycles. The van der Waals surface area contributed by atoms with Crippen LogP contribution < -0.4 is 10.1 Å². The fourth-order valence-electron chi connectivity index (χ4n) is 1.99. The number of aliphatic carboxylic acids is 2. The number of carboxylic acids is 2. The Morgan fingerprint density at radius 3 is 2.28 bits per heavy atom. The number of nitrogens with one attached hydrogen (secondary N) is 1. The molecule has 2 rings (SSSR count). The normalized spacial score (nSPS) is 12.1. The van der Waals surface area contributed by atoms with Crippen LogP contribution in [0, 0.1) is 0 Å². The molecule has 0 unspecified atom stereocenters. The van der Waals surface area contributed by atoms with E-state index in [1.165, 1.54) is 0 Å². The van der Waals surface area contributed by atoms with Gasteiger partial charge in [0.1, 0.15) is 18.4 Å². The molecule has 0 spiro atoms. The fraction of sp³-hybridized carbons (Fsp3) is 0.350. The minimum atomic E-state index is -1.26. The largest absolute Gasteiger partial charge is 0.478 e. The molecule has 9 heteroatoms. The second-order valence-corrected chi connectivity index (χ2v) is 7.02. The molecule has 0 saturated carbocycles. The van der Waals surface area contributed by atoms with Crippen molar-refractivity contribution in [2.24, 2.45) is 0 Å². The SMILES string of the molecule is CC(C)(C)NC[C@H](O)COc1ncccc1-n1cccc1.O=C(O)C=CC(=O)O. The second-order valence-electron chi connectivity index (χ2n) is 7.02. The van der Waals surface area contributed by atoms with Crippen LogP contribution in [0.15, 0.2) is 55.0 Å². The molecule has 0 radical (unpaired) electrons. The number of β-amino-alcohol motifs (C(OH)–C–C–N with tert-alkyl or cyclic N) is 1. The van der Waals surface area contributed by atoms with Gasteiger partial charge in [-0.1, -0.05) is 0 Å². The Morgan fingerprint density at radius 2 is 1.76 bits per heavy atom. The lowest BCUT2D eigenvalue weighted by Crippen LogP contribution is -2.42. The molecular formula is C20H27N3O6. The summed E-state index contributed by atoms with van der Waals surface area (Å²) in [6.45, 7) is 6.86. The van der Waals surface area contributed by atoms with Crippen molar-refractivity contribution in [3.8, 4) is 11.6 Å². The molecule has 4 N–H and O–H groups in total. The number of aromatic nitrogens is 2. The standard InChI is InChI=1S/C16H23N3O2.C4H4O4/c1-16(2,3)18-11-13(20)12-21-15-14(7-6-8-17-15)19-9-4-5-10-19;5-3(6)1-2-4(7)8/h4-10,13,18,20H,11-12H2,1-3H3;1-2H,(H,5,6)(H,7,8)/t13-;/m0./s1. The minimum Gasteiger partial charge on any atom is -0.478 e.